The molecule has 4 aromatic carbocycles. The average Bonchev–Trinajstić information content (AvgIpc) is 3.59. The van der Waals surface area contributed by atoms with E-state index in [-0.39, 0.29) is 30.6 Å². The van der Waals surface area contributed by atoms with Gasteiger partial charge in [-0.3, -0.25) is 24.5 Å². The predicted octanol–water partition coefficient (Wildman–Crippen LogP) is 6.89. The number of likely N-dealkylation sites (N-methyl/N-ethyl adjacent to an activating group) is 1. The first-order valence-electron chi connectivity index (χ1n) is 20.3. The summed E-state index contributed by atoms with van der Waals surface area (Å²) in [5.41, 5.74) is 7.51. The van der Waals surface area contributed by atoms with E-state index in [0.29, 0.717) is 77.1 Å². The van der Waals surface area contributed by atoms with Crippen LogP contribution in [0.3, 0.4) is 0 Å². The number of piperidine rings is 1. The molecule has 4 aromatic rings. The van der Waals surface area contributed by atoms with Gasteiger partial charge < -0.3 is 28.7 Å². The van der Waals surface area contributed by atoms with Crippen molar-refractivity contribution >= 4 is 46.5 Å². The van der Waals surface area contributed by atoms with Crippen molar-refractivity contribution < 1.29 is 38.1 Å². The predicted molar refractivity (Wildman–Crippen MR) is 229 cm³/mol. The fourth-order valence-corrected chi connectivity index (χ4v) is 8.17. The van der Waals surface area contributed by atoms with Crippen LogP contribution in [0, 0.1) is 0 Å². The second kappa shape index (κ2) is 22.2. The highest BCUT2D eigenvalue weighted by Crippen LogP contribution is 2.36. The first-order chi connectivity index (χ1) is 28.8. The lowest BCUT2D eigenvalue weighted by Gasteiger charge is -2.29. The molecule has 0 saturated carbocycles. The molecular formula is C47H53N3O8S. The van der Waals surface area contributed by atoms with Gasteiger partial charge in [0.25, 0.3) is 5.91 Å². The fourth-order valence-electron chi connectivity index (χ4n) is 7.22. The third kappa shape index (κ3) is 11.9. The van der Waals surface area contributed by atoms with Gasteiger partial charge in [-0.1, -0.05) is 85.8 Å². The van der Waals surface area contributed by atoms with E-state index in [0.717, 1.165) is 28.2 Å². The van der Waals surface area contributed by atoms with E-state index < -0.39 is 11.9 Å². The van der Waals surface area contributed by atoms with E-state index in [9.17, 15) is 19.2 Å². The van der Waals surface area contributed by atoms with Gasteiger partial charge in [-0.15, -0.1) is 11.8 Å². The van der Waals surface area contributed by atoms with Crippen LogP contribution in [-0.2, 0) is 35.1 Å². The van der Waals surface area contributed by atoms with Crippen molar-refractivity contribution in [1.29, 1.82) is 0 Å². The van der Waals surface area contributed by atoms with Crippen molar-refractivity contribution in [1.82, 2.24) is 15.1 Å². The van der Waals surface area contributed by atoms with Gasteiger partial charge in [0.05, 0.1) is 52.6 Å². The minimum absolute atomic E-state index is 0.0134. The molecule has 0 aromatic heterocycles. The Hall–Kier alpha value is -5.27. The standard InChI is InChI=1S/C47H53N3O8S/c1-3-38(34-11-6-4-7-12-34)45(35-13-8-5-9-14-35)36-17-19-37(20-18-36)58-26-24-49(2)44(52)23-25-55-27-28-56-29-30-57-31-32-59-42-16-10-15-39-40(42)33-50(47(39)54)41-21-22-43(51)48-46(41)53/h4-20,41H,3,21-33H2,1-2H3,(H,48,51,53). The van der Waals surface area contributed by atoms with Gasteiger partial charge in [0.1, 0.15) is 18.4 Å². The maximum Gasteiger partial charge on any atom is 0.255 e. The van der Waals surface area contributed by atoms with Crippen LogP contribution in [0.1, 0.15) is 65.2 Å². The quantitative estimate of drug-likeness (QED) is 0.0391. The summed E-state index contributed by atoms with van der Waals surface area (Å²) < 4.78 is 23.0. The molecule has 0 aliphatic carbocycles. The van der Waals surface area contributed by atoms with Crippen molar-refractivity contribution in [3.63, 3.8) is 0 Å². The molecule has 11 nitrogen and oxygen atoms in total. The Morgan fingerprint density at radius 3 is 2.08 bits per heavy atom. The first kappa shape index (κ1) is 43.3. The van der Waals surface area contributed by atoms with Crippen LogP contribution in [0.5, 0.6) is 5.75 Å². The summed E-state index contributed by atoms with van der Waals surface area (Å²) in [4.78, 5) is 53.9. The number of imide groups is 1. The van der Waals surface area contributed by atoms with E-state index in [1.165, 1.54) is 22.3 Å². The molecule has 1 atom stereocenters. The summed E-state index contributed by atoms with van der Waals surface area (Å²) in [6.07, 6.45) is 1.74. The monoisotopic (exact) mass is 819 g/mol. The zero-order chi connectivity index (χ0) is 41.4. The maximum atomic E-state index is 13.0. The molecular weight excluding hydrogens is 767 g/mol. The summed E-state index contributed by atoms with van der Waals surface area (Å²) >= 11 is 1.60. The van der Waals surface area contributed by atoms with Gasteiger partial charge in [0.2, 0.25) is 17.7 Å². The van der Waals surface area contributed by atoms with Crippen molar-refractivity contribution in [2.45, 2.75) is 50.1 Å². The van der Waals surface area contributed by atoms with E-state index in [1.807, 2.05) is 36.4 Å². The van der Waals surface area contributed by atoms with Crippen molar-refractivity contribution in [2.75, 3.05) is 65.6 Å². The Morgan fingerprint density at radius 1 is 0.763 bits per heavy atom. The van der Waals surface area contributed by atoms with Crippen LogP contribution in [0.2, 0.25) is 0 Å². The zero-order valence-electron chi connectivity index (χ0n) is 33.9. The normalized spacial score (nSPS) is 15.5. The van der Waals surface area contributed by atoms with E-state index >= 15 is 0 Å². The van der Waals surface area contributed by atoms with Crippen LogP contribution in [0.4, 0.5) is 0 Å². The van der Waals surface area contributed by atoms with Crippen LogP contribution in [0.25, 0.3) is 11.1 Å². The largest absolute Gasteiger partial charge is 0.492 e. The number of nitrogens with one attached hydrogen (secondary N) is 1. The molecule has 6 rings (SSSR count). The van der Waals surface area contributed by atoms with Gasteiger partial charge in [-0.2, -0.15) is 0 Å². The summed E-state index contributed by atoms with van der Waals surface area (Å²) in [6.45, 7) is 5.83. The van der Waals surface area contributed by atoms with Crippen LogP contribution in [-0.4, -0.2) is 105 Å². The second-order valence-electron chi connectivity index (χ2n) is 14.2. The molecule has 12 heteroatoms. The highest BCUT2D eigenvalue weighted by molar-refractivity contribution is 7.99. The van der Waals surface area contributed by atoms with Crippen molar-refractivity contribution in [3.05, 3.63) is 131 Å². The first-order valence-corrected chi connectivity index (χ1v) is 21.3. The molecule has 2 heterocycles. The maximum absolute atomic E-state index is 13.0. The summed E-state index contributed by atoms with van der Waals surface area (Å²) in [6, 6.07) is 34.2. The van der Waals surface area contributed by atoms with Crippen LogP contribution in [0.15, 0.2) is 108 Å². The molecule has 0 spiro atoms. The van der Waals surface area contributed by atoms with Crippen LogP contribution < -0.4 is 10.1 Å². The molecule has 4 amide bonds. The van der Waals surface area contributed by atoms with Gasteiger partial charge in [-0.05, 0) is 70.5 Å². The molecule has 59 heavy (non-hydrogen) atoms. The molecule has 0 radical (unpaired) electrons. The smallest absolute Gasteiger partial charge is 0.255 e. The van der Waals surface area contributed by atoms with Gasteiger partial charge in [0.15, 0.2) is 0 Å². The Kier molecular flexibility index (Phi) is 16.3. The Balaban J connectivity index is 0.811. The Morgan fingerprint density at radius 2 is 1.41 bits per heavy atom. The number of ether oxygens (including phenoxy) is 4. The highest BCUT2D eigenvalue weighted by atomic mass is 32.2. The molecule has 0 bridgehead atoms. The average molecular weight is 820 g/mol. The number of carbonyl (C=O) groups excluding carboxylic acids is 4. The number of rotatable bonds is 22. The number of hydrogen-bond acceptors (Lipinski definition) is 9. The van der Waals surface area contributed by atoms with Crippen LogP contribution >= 0.6 is 11.8 Å². The molecule has 1 unspecified atom stereocenters. The van der Waals surface area contributed by atoms with Gasteiger partial charge >= 0.3 is 0 Å². The fraction of sp³-hybridized carbons (Fsp3) is 0.362. The molecule has 2 aliphatic heterocycles. The lowest BCUT2D eigenvalue weighted by atomic mass is 9.88. The Labute approximate surface area is 351 Å². The number of benzene rings is 4. The van der Waals surface area contributed by atoms with E-state index in [2.05, 4.69) is 72.9 Å². The lowest BCUT2D eigenvalue weighted by Crippen LogP contribution is -2.52. The lowest BCUT2D eigenvalue weighted by molar-refractivity contribution is -0.137. The summed E-state index contributed by atoms with van der Waals surface area (Å²) in [7, 11) is 1.77. The third-order valence-corrected chi connectivity index (χ3v) is 11.4. The number of amides is 4. The van der Waals surface area contributed by atoms with Gasteiger partial charge in [-0.25, -0.2) is 0 Å². The van der Waals surface area contributed by atoms with Gasteiger partial charge in [0, 0.05) is 36.2 Å². The highest BCUT2D eigenvalue weighted by Gasteiger charge is 2.39. The number of thioether (sulfide) groups is 1. The Bertz CT molecular complexity index is 2060. The molecule has 1 fully saturated rings. The van der Waals surface area contributed by atoms with Crippen molar-refractivity contribution in [3.8, 4) is 5.75 Å². The van der Waals surface area contributed by atoms with E-state index in [4.69, 9.17) is 18.9 Å². The molecule has 310 valence electrons. The molecule has 1 N–H and O–H groups in total. The number of nitrogens with zero attached hydrogens (tertiary/aromatic N) is 2. The summed E-state index contributed by atoms with van der Waals surface area (Å²) in [5.74, 6) is 0.542. The number of carbonyl (C=O) groups is 4. The number of allylic oxidation sites excluding steroid dienone is 1. The van der Waals surface area contributed by atoms with E-state index in [1.54, 1.807) is 34.7 Å². The molecule has 2 aliphatic rings. The van der Waals surface area contributed by atoms with Crippen molar-refractivity contribution in [2.24, 2.45) is 0 Å². The number of hydrogen-bond donors (Lipinski definition) is 1. The topological polar surface area (TPSA) is 124 Å². The SMILES string of the molecule is CCC(=C(c1ccccc1)c1ccc(OCCN(C)C(=O)CCOCCOCCOCCSc2cccc3c2CN(C2CCC(=O)NC2=O)C3=O)cc1)c1ccccc1. The number of fused-ring (bicyclic) bond motifs is 1. The minimum Gasteiger partial charge on any atom is -0.492 e. The minimum atomic E-state index is -0.630. The third-order valence-electron chi connectivity index (χ3n) is 10.3. The second-order valence-corrected chi connectivity index (χ2v) is 15.4. The zero-order valence-corrected chi connectivity index (χ0v) is 34.7. The molecule has 1 saturated heterocycles. The summed E-state index contributed by atoms with van der Waals surface area (Å²) in [5, 5.41) is 2.34.